The smallest absolute Gasteiger partial charge is 0.238 e. The number of hydrogen-bond acceptors (Lipinski definition) is 0. The summed E-state index contributed by atoms with van der Waals surface area (Å²) in [5, 5.41) is 0.857. The predicted octanol–water partition coefficient (Wildman–Crippen LogP) is 7.00. The van der Waals surface area contributed by atoms with Crippen molar-refractivity contribution in [1.82, 2.24) is 7.94 Å². The molecule has 2 aliphatic rings. The fourth-order valence-corrected chi connectivity index (χ4v) is 6.10. The third kappa shape index (κ3) is 3.64. The summed E-state index contributed by atoms with van der Waals surface area (Å²) in [7, 11) is 0. The Morgan fingerprint density at radius 1 is 0.824 bits per heavy atom. The lowest BCUT2D eigenvalue weighted by atomic mass is 9.83. The molecule has 1 aliphatic carbocycles. The van der Waals surface area contributed by atoms with Gasteiger partial charge in [-0.15, -0.1) is 7.77 Å². The monoisotopic (exact) mass is 490 g/mol. The molecular weight excluding hydrogens is 467 g/mol. The van der Waals surface area contributed by atoms with Crippen LogP contribution in [0.1, 0.15) is 38.4 Å². The summed E-state index contributed by atoms with van der Waals surface area (Å²) in [6.07, 6.45) is 3.71. The molecule has 0 saturated heterocycles. The number of aromatic nitrogens is 2. The molecule has 0 amide bonds. The number of hydrogen-bond donors (Lipinski definition) is 0. The van der Waals surface area contributed by atoms with Gasteiger partial charge in [0.15, 0.2) is 0 Å². The van der Waals surface area contributed by atoms with Crippen molar-refractivity contribution in [3.05, 3.63) is 94.3 Å². The van der Waals surface area contributed by atoms with Gasteiger partial charge in [-0.25, -0.2) is 7.94 Å². The first-order valence-electron chi connectivity index (χ1n) is 10.8. The van der Waals surface area contributed by atoms with E-state index in [1.54, 1.807) is 24.3 Å². The highest BCUT2D eigenvalue weighted by atomic mass is 32.3. The maximum absolute atomic E-state index is 16.1. The van der Waals surface area contributed by atoms with E-state index in [9.17, 15) is 13.2 Å². The topological polar surface area (TPSA) is 9.86 Å². The molecule has 0 spiro atoms. The van der Waals surface area contributed by atoms with Gasteiger partial charge < -0.3 is 0 Å². The van der Waals surface area contributed by atoms with E-state index in [4.69, 9.17) is 0 Å². The molecule has 3 aromatic rings. The van der Waals surface area contributed by atoms with Gasteiger partial charge in [-0.1, -0.05) is 51.1 Å². The molecule has 0 radical (unpaired) electrons. The largest absolute Gasteiger partial charge is 0.416 e. The molecule has 2 aromatic heterocycles. The number of benzene rings is 1. The molecule has 34 heavy (non-hydrogen) atoms. The zero-order valence-corrected chi connectivity index (χ0v) is 19.6. The third-order valence-corrected chi connectivity index (χ3v) is 7.87. The normalized spacial score (nSPS) is 19.7. The molecule has 3 heterocycles. The van der Waals surface area contributed by atoms with E-state index < -0.39 is 22.9 Å². The fourth-order valence-electron chi connectivity index (χ4n) is 4.39. The molecule has 0 saturated carbocycles. The molecule has 0 unspecified atom stereocenters. The van der Waals surface area contributed by atoms with Crippen LogP contribution >= 0.6 is 11.2 Å². The van der Waals surface area contributed by atoms with Crippen molar-refractivity contribution in [1.29, 1.82) is 0 Å². The number of rotatable bonds is 1. The van der Waals surface area contributed by atoms with Gasteiger partial charge in [-0.3, -0.25) is 0 Å². The van der Waals surface area contributed by atoms with Crippen molar-refractivity contribution < 1.29 is 20.9 Å². The van der Waals surface area contributed by atoms with Gasteiger partial charge in [0.25, 0.3) is 0 Å². The lowest BCUT2D eigenvalue weighted by Gasteiger charge is -2.31. The Hall–Kier alpha value is -3.00. The second-order valence-corrected chi connectivity index (χ2v) is 11.0. The van der Waals surface area contributed by atoms with Crippen LogP contribution in [0, 0.1) is 5.41 Å². The molecule has 5 rings (SSSR count). The summed E-state index contributed by atoms with van der Waals surface area (Å²) >= 11 is -4.55. The Kier molecular flexibility index (Phi) is 5.02. The molecule has 0 N–H and O–H groups in total. The number of nitrogens with zero attached hydrogens (tertiary/aromatic N) is 2. The van der Waals surface area contributed by atoms with E-state index in [2.05, 4.69) is 26.8 Å². The first kappa shape index (κ1) is 22.8. The van der Waals surface area contributed by atoms with Crippen LogP contribution in [0.4, 0.5) is 20.9 Å². The summed E-state index contributed by atoms with van der Waals surface area (Å²) in [6.45, 7) is 6.32. The van der Waals surface area contributed by atoms with Crippen LogP contribution in [0.15, 0.2) is 72.3 Å². The summed E-state index contributed by atoms with van der Waals surface area (Å²) in [4.78, 5) is 0. The van der Waals surface area contributed by atoms with Crippen LogP contribution in [0.5, 0.6) is 0 Å². The van der Waals surface area contributed by atoms with Gasteiger partial charge in [0.1, 0.15) is 0 Å². The Labute approximate surface area is 196 Å². The van der Waals surface area contributed by atoms with E-state index >= 15 is 7.77 Å². The number of fused-ring (bicyclic) bond motifs is 2. The minimum atomic E-state index is -4.55. The van der Waals surface area contributed by atoms with Crippen molar-refractivity contribution in [3.63, 3.8) is 0 Å². The highest BCUT2D eigenvalue weighted by molar-refractivity contribution is 8.22. The van der Waals surface area contributed by atoms with Crippen molar-refractivity contribution in [2.75, 3.05) is 0 Å². The van der Waals surface area contributed by atoms with Gasteiger partial charge >= 0.3 is 6.18 Å². The van der Waals surface area contributed by atoms with Crippen LogP contribution in [-0.2, 0) is 6.18 Å². The quantitative estimate of drug-likeness (QED) is 0.325. The zero-order chi connectivity index (χ0) is 24.5. The van der Waals surface area contributed by atoms with Crippen molar-refractivity contribution in [3.8, 4) is 11.3 Å². The summed E-state index contributed by atoms with van der Waals surface area (Å²) in [5.74, 6) is 0. The van der Waals surface area contributed by atoms with E-state index in [1.165, 1.54) is 18.2 Å². The summed E-state index contributed by atoms with van der Waals surface area (Å²) < 4.78 is 73.1. The molecule has 178 valence electrons. The maximum Gasteiger partial charge on any atom is 0.416 e. The van der Waals surface area contributed by atoms with E-state index in [-0.39, 0.29) is 11.1 Å². The summed E-state index contributed by atoms with van der Waals surface area (Å²) in [5.41, 5.74) is 1.93. The molecule has 0 fully saturated rings. The Morgan fingerprint density at radius 2 is 1.53 bits per heavy atom. The molecule has 0 atom stereocenters. The molecule has 8 heteroatoms. The lowest BCUT2D eigenvalue weighted by molar-refractivity contribution is -0.137. The number of halogens is 5. The van der Waals surface area contributed by atoms with Crippen LogP contribution in [-0.4, -0.2) is 7.94 Å². The second-order valence-electron chi connectivity index (χ2n) is 9.48. The van der Waals surface area contributed by atoms with Crippen LogP contribution in [0.3, 0.4) is 0 Å². The predicted molar refractivity (Wildman–Crippen MR) is 127 cm³/mol. The third-order valence-electron chi connectivity index (χ3n) is 6.17. The van der Waals surface area contributed by atoms with Crippen LogP contribution in [0.2, 0.25) is 0 Å². The lowest BCUT2D eigenvalue weighted by Crippen LogP contribution is -2.34. The Balaban J connectivity index is 1.62. The SMILES string of the molecule is CC(C)(C)C1=CCC(=c2ccc3n2S(F)(F)n2c(ccc2-c2ccc(C(F)(F)F)cc2)C=3)C=C1. The summed E-state index contributed by atoms with van der Waals surface area (Å²) in [6, 6.07) is 10.8. The van der Waals surface area contributed by atoms with Gasteiger partial charge in [0.05, 0.1) is 27.6 Å². The molecule has 1 aromatic carbocycles. The second kappa shape index (κ2) is 7.50. The van der Waals surface area contributed by atoms with E-state index in [0.717, 1.165) is 31.2 Å². The van der Waals surface area contributed by atoms with Crippen LogP contribution in [0.25, 0.3) is 22.9 Å². The zero-order valence-electron chi connectivity index (χ0n) is 18.8. The van der Waals surface area contributed by atoms with Gasteiger partial charge in [0, 0.05) is 0 Å². The van der Waals surface area contributed by atoms with Crippen molar-refractivity contribution in [2.45, 2.75) is 33.4 Å². The molecule has 0 bridgehead atoms. The average Bonchev–Trinajstić information content (AvgIpc) is 3.38. The Bertz CT molecular complexity index is 1460. The fraction of sp³-hybridized carbons (Fsp3) is 0.231. The van der Waals surface area contributed by atoms with E-state index in [1.807, 2.05) is 12.2 Å². The minimum Gasteiger partial charge on any atom is -0.238 e. The first-order valence-corrected chi connectivity index (χ1v) is 12.2. The number of alkyl halides is 3. The maximum atomic E-state index is 16.1. The highest BCUT2D eigenvalue weighted by Crippen LogP contribution is 2.56. The Morgan fingerprint density at radius 3 is 2.12 bits per heavy atom. The van der Waals surface area contributed by atoms with Gasteiger partial charge in [0.2, 0.25) is 11.2 Å². The first-order chi connectivity index (χ1) is 15.9. The molecular formula is C26H23F5N2S. The minimum absolute atomic E-state index is 0.0276. The highest BCUT2D eigenvalue weighted by Gasteiger charge is 2.36. The van der Waals surface area contributed by atoms with Crippen molar-refractivity contribution in [2.24, 2.45) is 5.41 Å². The average molecular weight is 491 g/mol. The molecule has 2 nitrogen and oxygen atoms in total. The van der Waals surface area contributed by atoms with Crippen LogP contribution < -0.4 is 10.7 Å². The standard InChI is InChI=1S/C26H23F5N2S/c1-25(2,3)19-8-4-17(5-9-19)23-14-12-21-16-22-13-15-24(33(22)34(30,31)32(21)23)18-6-10-20(11-7-18)26(27,28)29/h4,6-16H,5H2,1-3H3. The molecule has 1 aliphatic heterocycles. The van der Waals surface area contributed by atoms with Gasteiger partial charge in [-0.05, 0) is 71.0 Å². The van der Waals surface area contributed by atoms with E-state index in [0.29, 0.717) is 28.4 Å². The van der Waals surface area contributed by atoms with Crippen molar-refractivity contribution >= 4 is 22.8 Å². The van der Waals surface area contributed by atoms with Gasteiger partial charge in [-0.2, -0.15) is 13.2 Å². The number of allylic oxidation sites excluding steroid dienone is 4.